The van der Waals surface area contributed by atoms with E-state index in [4.69, 9.17) is 17.0 Å². The number of thiophene rings is 1. The molecule has 0 radical (unpaired) electrons. The molecule has 6 nitrogen and oxygen atoms in total. The molecule has 1 amide bonds. The summed E-state index contributed by atoms with van der Waals surface area (Å²) in [7, 11) is 0. The number of carbonyl (C=O) groups is 1. The van der Waals surface area contributed by atoms with Gasteiger partial charge in [0.05, 0.1) is 11.5 Å². The van der Waals surface area contributed by atoms with Gasteiger partial charge in [0.2, 0.25) is 5.91 Å². The molecule has 3 heterocycles. The second-order valence-electron chi connectivity index (χ2n) is 5.30. The summed E-state index contributed by atoms with van der Waals surface area (Å²) in [5.41, 5.74) is 0. The molecule has 1 aliphatic heterocycles. The largest absolute Gasteiger partial charge is 0.381 e. The van der Waals surface area contributed by atoms with Crippen LogP contribution < -0.4 is 5.32 Å². The van der Waals surface area contributed by atoms with Gasteiger partial charge in [-0.05, 0) is 42.4 Å². The molecule has 0 bridgehead atoms. The van der Waals surface area contributed by atoms with Crippen molar-refractivity contribution in [2.75, 3.05) is 19.8 Å². The highest BCUT2D eigenvalue weighted by molar-refractivity contribution is 7.71. The third-order valence-corrected chi connectivity index (χ3v) is 4.82. The van der Waals surface area contributed by atoms with E-state index < -0.39 is 0 Å². The van der Waals surface area contributed by atoms with Gasteiger partial charge >= 0.3 is 0 Å². The quantitative estimate of drug-likeness (QED) is 0.820. The summed E-state index contributed by atoms with van der Waals surface area (Å²) in [4.78, 5) is 13.2. The summed E-state index contributed by atoms with van der Waals surface area (Å²) in [6, 6.07) is 3.91. The van der Waals surface area contributed by atoms with Crippen molar-refractivity contribution in [1.29, 1.82) is 0 Å². The van der Waals surface area contributed by atoms with E-state index in [9.17, 15) is 4.79 Å². The number of hydrogen-bond donors (Lipinski definition) is 2. The number of aromatic nitrogens is 3. The average Bonchev–Trinajstić information content (AvgIpc) is 3.17. The Hall–Kier alpha value is -1.51. The lowest BCUT2D eigenvalue weighted by molar-refractivity contribution is -0.122. The van der Waals surface area contributed by atoms with Gasteiger partial charge in [-0.3, -0.25) is 14.5 Å². The van der Waals surface area contributed by atoms with Gasteiger partial charge in [-0.2, -0.15) is 5.10 Å². The van der Waals surface area contributed by atoms with Crippen LogP contribution in [0.2, 0.25) is 0 Å². The van der Waals surface area contributed by atoms with Crippen LogP contribution in [0, 0.1) is 10.7 Å². The van der Waals surface area contributed by atoms with E-state index in [1.807, 2.05) is 17.5 Å². The minimum absolute atomic E-state index is 0.0547. The molecule has 1 aliphatic rings. The van der Waals surface area contributed by atoms with Gasteiger partial charge < -0.3 is 10.1 Å². The second kappa shape index (κ2) is 7.17. The smallest absolute Gasteiger partial charge is 0.240 e. The SMILES string of the molecule is O=C(Cn1c(-c2cccs2)n[nH]c1=S)NC[C@H]1CCCOC1. The fourth-order valence-corrected chi connectivity index (χ4v) is 3.40. The van der Waals surface area contributed by atoms with Gasteiger partial charge in [0.1, 0.15) is 6.54 Å². The van der Waals surface area contributed by atoms with Crippen LogP contribution in [0.1, 0.15) is 12.8 Å². The van der Waals surface area contributed by atoms with Gasteiger partial charge in [0, 0.05) is 13.2 Å². The predicted octanol–water partition coefficient (Wildman–Crippen LogP) is 2.21. The first-order valence-electron chi connectivity index (χ1n) is 7.27. The summed E-state index contributed by atoms with van der Waals surface area (Å²) in [6.07, 6.45) is 2.17. The molecular weight excluding hydrogens is 320 g/mol. The minimum Gasteiger partial charge on any atom is -0.381 e. The van der Waals surface area contributed by atoms with Crippen LogP contribution >= 0.6 is 23.6 Å². The van der Waals surface area contributed by atoms with Crippen LogP contribution in [0.5, 0.6) is 0 Å². The zero-order chi connectivity index (χ0) is 15.4. The predicted molar refractivity (Wildman–Crippen MR) is 87.3 cm³/mol. The zero-order valence-electron chi connectivity index (χ0n) is 12.1. The van der Waals surface area contributed by atoms with Crippen molar-refractivity contribution in [1.82, 2.24) is 20.1 Å². The molecule has 1 atom stereocenters. The zero-order valence-corrected chi connectivity index (χ0v) is 13.7. The molecule has 1 saturated heterocycles. The number of nitrogens with zero attached hydrogens (tertiary/aromatic N) is 2. The summed E-state index contributed by atoms with van der Waals surface area (Å²) in [5.74, 6) is 1.06. The number of hydrogen-bond acceptors (Lipinski definition) is 5. The molecule has 1 fully saturated rings. The number of carbonyl (C=O) groups excluding carboxylic acids is 1. The van der Waals surface area contributed by atoms with E-state index >= 15 is 0 Å². The van der Waals surface area contributed by atoms with Crippen LogP contribution in [-0.2, 0) is 16.1 Å². The molecule has 8 heteroatoms. The molecule has 2 aromatic rings. The number of aromatic amines is 1. The Morgan fingerprint density at radius 2 is 2.55 bits per heavy atom. The Balaban J connectivity index is 1.62. The summed E-state index contributed by atoms with van der Waals surface area (Å²) in [5, 5.41) is 11.9. The van der Waals surface area contributed by atoms with Gasteiger partial charge in [0.15, 0.2) is 10.6 Å². The molecule has 118 valence electrons. The van der Waals surface area contributed by atoms with E-state index in [0.717, 1.165) is 30.9 Å². The van der Waals surface area contributed by atoms with Gasteiger partial charge in [0.25, 0.3) is 0 Å². The number of amides is 1. The highest BCUT2D eigenvalue weighted by atomic mass is 32.1. The molecule has 0 aromatic carbocycles. The first-order chi connectivity index (χ1) is 10.7. The van der Waals surface area contributed by atoms with Crippen LogP contribution in [0.25, 0.3) is 10.7 Å². The van der Waals surface area contributed by atoms with Crippen molar-refractivity contribution in [3.05, 3.63) is 22.3 Å². The van der Waals surface area contributed by atoms with Crippen molar-refractivity contribution >= 4 is 29.5 Å². The summed E-state index contributed by atoms with van der Waals surface area (Å²) >= 11 is 6.79. The Labute approximate surface area is 137 Å². The lowest BCUT2D eigenvalue weighted by atomic mass is 10.0. The maximum absolute atomic E-state index is 12.2. The first kappa shape index (κ1) is 15.4. The van der Waals surface area contributed by atoms with Gasteiger partial charge in [-0.15, -0.1) is 11.3 Å². The van der Waals surface area contributed by atoms with E-state index in [1.165, 1.54) is 0 Å². The van der Waals surface area contributed by atoms with Crippen LogP contribution in [-0.4, -0.2) is 40.4 Å². The fourth-order valence-electron chi connectivity index (χ4n) is 2.48. The number of H-pyrrole nitrogens is 1. The number of rotatable bonds is 5. The standard InChI is InChI=1S/C14H18N4O2S2/c19-12(15-7-10-3-1-5-20-9-10)8-18-13(16-17-14(18)21)11-4-2-6-22-11/h2,4,6,10H,1,3,5,7-9H2,(H,15,19)(H,17,21)/t10-/m1/s1. The normalized spacial score (nSPS) is 18.3. The highest BCUT2D eigenvalue weighted by Gasteiger charge is 2.16. The third-order valence-electron chi connectivity index (χ3n) is 3.64. The van der Waals surface area contributed by atoms with Crippen molar-refractivity contribution in [2.45, 2.75) is 19.4 Å². The van der Waals surface area contributed by atoms with Crippen molar-refractivity contribution in [3.8, 4) is 10.7 Å². The van der Waals surface area contributed by atoms with Crippen LogP contribution in [0.15, 0.2) is 17.5 Å². The molecule has 0 spiro atoms. The van der Waals surface area contributed by atoms with Crippen LogP contribution in [0.3, 0.4) is 0 Å². The molecule has 22 heavy (non-hydrogen) atoms. The molecule has 0 unspecified atom stereocenters. The first-order valence-corrected chi connectivity index (χ1v) is 8.56. The lowest BCUT2D eigenvalue weighted by Gasteiger charge is -2.22. The highest BCUT2D eigenvalue weighted by Crippen LogP contribution is 2.22. The molecule has 0 aliphatic carbocycles. The Bertz CT molecular complexity index is 671. The molecule has 2 N–H and O–H groups in total. The maximum Gasteiger partial charge on any atom is 0.240 e. The Morgan fingerprint density at radius 3 is 3.27 bits per heavy atom. The van der Waals surface area contributed by atoms with E-state index in [1.54, 1.807) is 15.9 Å². The monoisotopic (exact) mass is 338 g/mol. The number of nitrogens with one attached hydrogen (secondary N) is 2. The van der Waals surface area contributed by atoms with E-state index in [2.05, 4.69) is 15.5 Å². The molecule has 3 rings (SSSR count). The molecule has 0 saturated carbocycles. The topological polar surface area (TPSA) is 71.9 Å². The van der Waals surface area contributed by atoms with Crippen molar-refractivity contribution in [2.24, 2.45) is 5.92 Å². The van der Waals surface area contributed by atoms with E-state index in [-0.39, 0.29) is 12.5 Å². The summed E-state index contributed by atoms with van der Waals surface area (Å²) < 4.78 is 7.61. The molecule has 2 aromatic heterocycles. The minimum atomic E-state index is -0.0547. The average molecular weight is 338 g/mol. The fraction of sp³-hybridized carbons (Fsp3) is 0.500. The van der Waals surface area contributed by atoms with Gasteiger partial charge in [-0.1, -0.05) is 6.07 Å². The van der Waals surface area contributed by atoms with Crippen molar-refractivity contribution < 1.29 is 9.53 Å². The van der Waals surface area contributed by atoms with E-state index in [0.29, 0.717) is 23.1 Å². The lowest BCUT2D eigenvalue weighted by Crippen LogP contribution is -2.35. The molecular formula is C14H18N4O2S2. The van der Waals surface area contributed by atoms with Crippen molar-refractivity contribution in [3.63, 3.8) is 0 Å². The Morgan fingerprint density at radius 1 is 1.64 bits per heavy atom. The third kappa shape index (κ3) is 3.63. The van der Waals surface area contributed by atoms with Crippen LogP contribution in [0.4, 0.5) is 0 Å². The Kier molecular flexibility index (Phi) is 5.01. The maximum atomic E-state index is 12.2. The second-order valence-corrected chi connectivity index (χ2v) is 6.64. The number of ether oxygens (including phenoxy) is 1. The van der Waals surface area contributed by atoms with Gasteiger partial charge in [-0.25, -0.2) is 0 Å². The summed E-state index contributed by atoms with van der Waals surface area (Å²) in [6.45, 7) is 2.39.